The molecule has 3 N–H and O–H groups in total. The van der Waals surface area contributed by atoms with Crippen LogP contribution >= 0.6 is 9.90 Å². The Morgan fingerprint density at radius 1 is 1.67 bits per heavy atom. The van der Waals surface area contributed by atoms with Crippen molar-refractivity contribution < 1.29 is 23.0 Å². The summed E-state index contributed by atoms with van der Waals surface area (Å²) >= 11 is 0. The molecule has 0 aliphatic carbocycles. The third kappa shape index (κ3) is 9.08. The van der Waals surface area contributed by atoms with Crippen LogP contribution in [0.3, 0.4) is 0 Å². The molecule has 0 aromatic rings. The summed E-state index contributed by atoms with van der Waals surface area (Å²) in [5.41, 5.74) is 0. The van der Waals surface area contributed by atoms with Gasteiger partial charge >= 0.3 is 43.7 Å². The molecule has 2 unspecified atom stereocenters. The molecule has 6 heteroatoms. The van der Waals surface area contributed by atoms with Gasteiger partial charge in [-0.3, -0.25) is 0 Å². The van der Waals surface area contributed by atoms with E-state index in [1.807, 2.05) is 0 Å². The third-order valence-corrected chi connectivity index (χ3v) is 0.458. The van der Waals surface area contributed by atoms with Crippen molar-refractivity contribution in [2.45, 2.75) is 6.10 Å². The molecule has 0 aromatic carbocycles. The molecular weight excluding hydrogens is 171 g/mol. The second-order valence-electron chi connectivity index (χ2n) is 1.04. The summed E-state index contributed by atoms with van der Waals surface area (Å²) in [6.45, 7) is -0.727. The standard InChI is InChI=1S/C3H6O4.Ca.H3P.2H/c4-1-2(5)3(6)7;;;;/h2,4-5H,1H2,(H,6,7);;1H3;;/q;+2;;2*-1. The number of aliphatic hydroxyl groups excluding tert-OH is 2. The van der Waals surface area contributed by atoms with Crippen LogP contribution in [-0.2, 0) is 4.79 Å². The van der Waals surface area contributed by atoms with Gasteiger partial charge in [0.05, 0.1) is 6.61 Å². The minimum absolute atomic E-state index is 0. The molecule has 0 rings (SSSR count). The summed E-state index contributed by atoms with van der Waals surface area (Å²) in [5.74, 6) is -1.40. The Bertz CT molecular complexity index is 85.7. The van der Waals surface area contributed by atoms with Crippen LogP contribution in [0.15, 0.2) is 0 Å². The maximum absolute atomic E-state index is 9.52. The molecule has 0 spiro atoms. The molecule has 0 bridgehead atoms. The molecule has 0 aliphatic heterocycles. The zero-order valence-corrected chi connectivity index (χ0v) is 8.57. The van der Waals surface area contributed by atoms with Gasteiger partial charge in [0.1, 0.15) is 0 Å². The van der Waals surface area contributed by atoms with Crippen LogP contribution in [0.5, 0.6) is 0 Å². The first kappa shape index (κ1) is 16.6. The Morgan fingerprint density at radius 2 is 2.00 bits per heavy atom. The number of aliphatic carboxylic acids is 1. The Kier molecular flexibility index (Phi) is 16.7. The van der Waals surface area contributed by atoms with E-state index in [2.05, 4.69) is 0 Å². The predicted molar refractivity (Wildman–Crippen MR) is 39.8 cm³/mol. The van der Waals surface area contributed by atoms with E-state index in [4.69, 9.17) is 15.3 Å². The zero-order valence-electron chi connectivity index (χ0n) is 6.95. The average molecular weight is 182 g/mol. The van der Waals surface area contributed by atoms with E-state index in [0.717, 1.165) is 0 Å². The quantitative estimate of drug-likeness (QED) is 0.352. The van der Waals surface area contributed by atoms with E-state index in [1.54, 1.807) is 0 Å². The van der Waals surface area contributed by atoms with Crippen molar-refractivity contribution in [2.24, 2.45) is 0 Å². The van der Waals surface area contributed by atoms with Gasteiger partial charge in [0.15, 0.2) is 6.10 Å². The van der Waals surface area contributed by atoms with Gasteiger partial charge < -0.3 is 18.2 Å². The Balaban J connectivity index is -0.0000000300. The second-order valence-corrected chi connectivity index (χ2v) is 1.04. The molecule has 0 saturated heterocycles. The van der Waals surface area contributed by atoms with Crippen LogP contribution in [0.25, 0.3) is 0 Å². The molecule has 0 aromatic heterocycles. The fourth-order valence-corrected chi connectivity index (χ4v) is 0.0781. The largest absolute Gasteiger partial charge is 2.00 e. The number of hydrogen-bond acceptors (Lipinski definition) is 3. The van der Waals surface area contributed by atoms with Gasteiger partial charge in [-0.1, -0.05) is 0 Å². The van der Waals surface area contributed by atoms with Crippen LogP contribution in [-0.4, -0.2) is 71.7 Å². The fraction of sp³-hybridized carbons (Fsp3) is 0.667. The van der Waals surface area contributed by atoms with Crippen molar-refractivity contribution in [1.29, 1.82) is 0 Å². The first-order chi connectivity index (χ1) is 3.18. The van der Waals surface area contributed by atoms with E-state index in [0.29, 0.717) is 0 Å². The Hall–Kier alpha value is 1.08. The number of carboxylic acid groups (broad SMARTS) is 1. The van der Waals surface area contributed by atoms with E-state index >= 15 is 0 Å². The summed E-state index contributed by atoms with van der Waals surface area (Å²) < 4.78 is 0. The molecule has 4 nitrogen and oxygen atoms in total. The zero-order chi connectivity index (χ0) is 5.86. The van der Waals surface area contributed by atoms with Crippen LogP contribution in [0.4, 0.5) is 0 Å². The van der Waals surface area contributed by atoms with E-state index in [1.165, 1.54) is 0 Å². The minimum atomic E-state index is -1.63. The molecule has 0 heterocycles. The second kappa shape index (κ2) is 9.08. The van der Waals surface area contributed by atoms with Crippen molar-refractivity contribution in [1.82, 2.24) is 0 Å². The van der Waals surface area contributed by atoms with Crippen LogP contribution in [0.1, 0.15) is 2.85 Å². The van der Waals surface area contributed by atoms with Gasteiger partial charge in [0.25, 0.3) is 0 Å². The topological polar surface area (TPSA) is 77.8 Å². The van der Waals surface area contributed by atoms with Crippen molar-refractivity contribution in [3.63, 3.8) is 0 Å². The van der Waals surface area contributed by atoms with E-state index in [9.17, 15) is 4.79 Å². The molecule has 0 amide bonds. The summed E-state index contributed by atoms with van der Waals surface area (Å²) in [6, 6.07) is 0. The Labute approximate surface area is 88.8 Å². The normalized spacial score (nSPS) is 10.4. The molecule has 0 saturated carbocycles. The van der Waals surface area contributed by atoms with Crippen LogP contribution in [0.2, 0.25) is 0 Å². The maximum Gasteiger partial charge on any atom is 2.00 e. The van der Waals surface area contributed by atoms with Crippen LogP contribution in [0, 0.1) is 0 Å². The van der Waals surface area contributed by atoms with Gasteiger partial charge in [0, 0.05) is 0 Å². The van der Waals surface area contributed by atoms with Gasteiger partial charge in [-0.2, -0.15) is 9.90 Å². The SMILES string of the molecule is O=C(O)C(O)CO.P.[Ca+2].[H-].[H-]. The summed E-state index contributed by atoms with van der Waals surface area (Å²) in [6.07, 6.45) is -1.63. The van der Waals surface area contributed by atoms with Gasteiger partial charge in [-0.05, 0) is 0 Å². The van der Waals surface area contributed by atoms with Gasteiger partial charge in [-0.25, -0.2) is 4.79 Å². The van der Waals surface area contributed by atoms with Crippen molar-refractivity contribution >= 4 is 53.6 Å². The number of rotatable bonds is 2. The molecule has 2 atom stereocenters. The minimum Gasteiger partial charge on any atom is -1.00 e. The van der Waals surface area contributed by atoms with Crippen molar-refractivity contribution in [3.8, 4) is 0 Å². The van der Waals surface area contributed by atoms with E-state index in [-0.39, 0.29) is 50.5 Å². The fourth-order valence-electron chi connectivity index (χ4n) is 0.0781. The summed E-state index contributed by atoms with van der Waals surface area (Å²) in [7, 11) is 0. The molecule has 0 radical (unpaired) electrons. The van der Waals surface area contributed by atoms with E-state index < -0.39 is 18.7 Å². The third-order valence-electron chi connectivity index (χ3n) is 0.458. The van der Waals surface area contributed by atoms with Gasteiger partial charge in [0.2, 0.25) is 0 Å². The maximum atomic E-state index is 9.52. The van der Waals surface area contributed by atoms with Crippen molar-refractivity contribution in [2.75, 3.05) is 6.61 Å². The predicted octanol–water partition coefficient (Wildman–Crippen LogP) is -1.67. The first-order valence-electron chi connectivity index (χ1n) is 1.70. The molecule has 0 fully saturated rings. The van der Waals surface area contributed by atoms with Crippen molar-refractivity contribution in [3.05, 3.63) is 0 Å². The number of hydrogen-bond donors (Lipinski definition) is 3. The molecule has 54 valence electrons. The smallest absolute Gasteiger partial charge is 1.00 e. The number of carbonyl (C=O) groups is 1. The number of carboxylic acids is 1. The average Bonchev–Trinajstić information content (AvgIpc) is 1.65. The summed E-state index contributed by atoms with van der Waals surface area (Å²) in [5, 5.41) is 23.7. The number of aliphatic hydroxyl groups is 2. The molecule has 0 aliphatic rings. The summed E-state index contributed by atoms with van der Waals surface area (Å²) in [4.78, 5) is 9.52. The molecular formula is C3H11CaO4P. The van der Waals surface area contributed by atoms with Gasteiger partial charge in [-0.15, -0.1) is 0 Å². The monoisotopic (exact) mass is 182 g/mol. The first-order valence-corrected chi connectivity index (χ1v) is 1.70. The Morgan fingerprint density at radius 3 is 2.00 bits per heavy atom. The van der Waals surface area contributed by atoms with Crippen LogP contribution < -0.4 is 0 Å². The molecule has 9 heavy (non-hydrogen) atoms.